The molecule has 3 unspecified atom stereocenters. The Hall–Kier alpha value is -0.810. The van der Waals surface area contributed by atoms with Gasteiger partial charge in [0.15, 0.2) is 5.96 Å². The van der Waals surface area contributed by atoms with Gasteiger partial charge in [0.1, 0.15) is 0 Å². The number of hydrogen-bond donors (Lipinski definition) is 3. The Bertz CT molecular complexity index is 290. The number of nitrogens with zero attached hydrogens (tertiary/aromatic N) is 1. The van der Waals surface area contributed by atoms with Crippen LogP contribution in [0.25, 0.3) is 0 Å². The van der Waals surface area contributed by atoms with Crippen LogP contribution >= 0.6 is 0 Å². The van der Waals surface area contributed by atoms with E-state index >= 15 is 0 Å². The standard InChI is InChI=1S/C14H27N3O2/c1-2-15-14(16-8-11-6-7-19-10-11)17-9-12-4-3-5-13(12)18/h11-13,18H,2-10H2,1H3,(H2,15,16,17). The van der Waals surface area contributed by atoms with E-state index in [2.05, 4.69) is 22.5 Å². The van der Waals surface area contributed by atoms with Crippen molar-refractivity contribution in [1.82, 2.24) is 10.6 Å². The van der Waals surface area contributed by atoms with Crippen molar-refractivity contribution in [3.63, 3.8) is 0 Å². The Balaban J connectivity index is 1.75. The molecule has 0 aromatic heterocycles. The highest BCUT2D eigenvalue weighted by Crippen LogP contribution is 2.24. The molecule has 19 heavy (non-hydrogen) atoms. The Labute approximate surface area is 115 Å². The number of nitrogens with one attached hydrogen (secondary N) is 2. The maximum Gasteiger partial charge on any atom is 0.191 e. The van der Waals surface area contributed by atoms with Crippen LogP contribution < -0.4 is 10.6 Å². The van der Waals surface area contributed by atoms with Crippen molar-refractivity contribution in [2.45, 2.75) is 38.7 Å². The molecule has 3 N–H and O–H groups in total. The van der Waals surface area contributed by atoms with Gasteiger partial charge in [0.05, 0.1) is 12.7 Å². The quantitative estimate of drug-likeness (QED) is 0.509. The molecule has 5 heteroatoms. The first-order valence-electron chi connectivity index (χ1n) is 7.57. The van der Waals surface area contributed by atoms with Crippen LogP contribution in [-0.4, -0.2) is 50.0 Å². The number of hydrogen-bond acceptors (Lipinski definition) is 3. The van der Waals surface area contributed by atoms with E-state index in [0.717, 1.165) is 64.5 Å². The van der Waals surface area contributed by atoms with Crippen LogP contribution in [0.4, 0.5) is 0 Å². The minimum atomic E-state index is -0.140. The summed E-state index contributed by atoms with van der Waals surface area (Å²) in [5, 5.41) is 16.4. The molecule has 3 atom stereocenters. The lowest BCUT2D eigenvalue weighted by Gasteiger charge is -2.18. The molecule has 2 rings (SSSR count). The van der Waals surface area contributed by atoms with Crippen molar-refractivity contribution in [3.8, 4) is 0 Å². The van der Waals surface area contributed by atoms with Gasteiger partial charge in [0, 0.05) is 38.1 Å². The first-order chi connectivity index (χ1) is 9.29. The zero-order chi connectivity index (χ0) is 13.5. The molecule has 1 aliphatic heterocycles. The zero-order valence-corrected chi connectivity index (χ0v) is 11.9. The lowest BCUT2D eigenvalue weighted by atomic mass is 10.1. The number of aliphatic hydroxyl groups is 1. The largest absolute Gasteiger partial charge is 0.393 e. The van der Waals surface area contributed by atoms with Crippen molar-refractivity contribution >= 4 is 5.96 Å². The van der Waals surface area contributed by atoms with Gasteiger partial charge in [-0.25, -0.2) is 0 Å². The molecule has 110 valence electrons. The molecule has 1 aliphatic carbocycles. The van der Waals surface area contributed by atoms with Crippen molar-refractivity contribution in [2.75, 3.05) is 32.8 Å². The minimum absolute atomic E-state index is 0.140. The van der Waals surface area contributed by atoms with E-state index in [9.17, 15) is 5.11 Å². The Morgan fingerprint density at radius 3 is 2.84 bits per heavy atom. The van der Waals surface area contributed by atoms with E-state index in [4.69, 9.17) is 4.74 Å². The van der Waals surface area contributed by atoms with Crippen LogP contribution in [0, 0.1) is 11.8 Å². The van der Waals surface area contributed by atoms with Gasteiger partial charge in [-0.05, 0) is 26.2 Å². The predicted molar refractivity (Wildman–Crippen MR) is 76.3 cm³/mol. The minimum Gasteiger partial charge on any atom is -0.393 e. The lowest BCUT2D eigenvalue weighted by Crippen LogP contribution is -2.41. The molecule has 0 bridgehead atoms. The normalized spacial score (nSPS) is 31.7. The molecule has 0 amide bonds. The summed E-state index contributed by atoms with van der Waals surface area (Å²) < 4.78 is 5.36. The predicted octanol–water partition coefficient (Wildman–Crippen LogP) is 0.739. The van der Waals surface area contributed by atoms with E-state index in [1.165, 1.54) is 0 Å². The number of rotatable bonds is 5. The molecule has 5 nitrogen and oxygen atoms in total. The summed E-state index contributed by atoms with van der Waals surface area (Å²) in [4.78, 5) is 4.61. The smallest absolute Gasteiger partial charge is 0.191 e. The van der Waals surface area contributed by atoms with E-state index in [0.29, 0.717) is 11.8 Å². The third kappa shape index (κ3) is 4.66. The second kappa shape index (κ2) is 7.70. The van der Waals surface area contributed by atoms with Crippen LogP contribution in [0.1, 0.15) is 32.6 Å². The molecule has 2 aliphatic rings. The number of guanidine groups is 1. The van der Waals surface area contributed by atoms with Crippen molar-refractivity contribution in [3.05, 3.63) is 0 Å². The SMILES string of the molecule is CCNC(=NCC1CCOC1)NCC1CCCC1O. The van der Waals surface area contributed by atoms with Crippen LogP contribution in [0.5, 0.6) is 0 Å². The molecule has 1 saturated heterocycles. The second-order valence-electron chi connectivity index (χ2n) is 5.59. The van der Waals surface area contributed by atoms with Crippen LogP contribution in [0.15, 0.2) is 4.99 Å². The summed E-state index contributed by atoms with van der Waals surface area (Å²) in [6.45, 7) is 6.28. The van der Waals surface area contributed by atoms with Gasteiger partial charge in [0.2, 0.25) is 0 Å². The third-order valence-electron chi connectivity index (χ3n) is 4.03. The Kier molecular flexibility index (Phi) is 5.92. The number of aliphatic imine (C=N–C) groups is 1. The molecule has 0 radical (unpaired) electrons. The maximum absolute atomic E-state index is 9.82. The average molecular weight is 269 g/mol. The lowest BCUT2D eigenvalue weighted by molar-refractivity contribution is 0.134. The molecular weight excluding hydrogens is 242 g/mol. The third-order valence-corrected chi connectivity index (χ3v) is 4.03. The average Bonchev–Trinajstić information content (AvgIpc) is 3.04. The molecule has 1 heterocycles. The van der Waals surface area contributed by atoms with Crippen molar-refractivity contribution in [1.29, 1.82) is 0 Å². The molecular formula is C14H27N3O2. The molecule has 2 fully saturated rings. The summed E-state index contributed by atoms with van der Waals surface area (Å²) >= 11 is 0. The van der Waals surface area contributed by atoms with E-state index in [-0.39, 0.29) is 6.10 Å². The highest BCUT2D eigenvalue weighted by molar-refractivity contribution is 5.79. The van der Waals surface area contributed by atoms with Gasteiger partial charge in [-0.1, -0.05) is 6.42 Å². The fraction of sp³-hybridized carbons (Fsp3) is 0.929. The van der Waals surface area contributed by atoms with Crippen LogP contribution in [-0.2, 0) is 4.74 Å². The number of ether oxygens (including phenoxy) is 1. The highest BCUT2D eigenvalue weighted by Gasteiger charge is 2.25. The van der Waals surface area contributed by atoms with Crippen LogP contribution in [0.3, 0.4) is 0 Å². The summed E-state index contributed by atoms with van der Waals surface area (Å²) in [6.07, 6.45) is 4.17. The first-order valence-corrected chi connectivity index (χ1v) is 7.57. The van der Waals surface area contributed by atoms with E-state index < -0.39 is 0 Å². The van der Waals surface area contributed by atoms with Gasteiger partial charge < -0.3 is 20.5 Å². The second-order valence-corrected chi connectivity index (χ2v) is 5.59. The van der Waals surface area contributed by atoms with Crippen molar-refractivity contribution in [2.24, 2.45) is 16.8 Å². The fourth-order valence-corrected chi connectivity index (χ4v) is 2.77. The molecule has 1 saturated carbocycles. The van der Waals surface area contributed by atoms with Gasteiger partial charge in [0.25, 0.3) is 0 Å². The zero-order valence-electron chi connectivity index (χ0n) is 11.9. The Morgan fingerprint density at radius 2 is 2.21 bits per heavy atom. The summed E-state index contributed by atoms with van der Waals surface area (Å²) in [5.74, 6) is 1.81. The summed E-state index contributed by atoms with van der Waals surface area (Å²) in [7, 11) is 0. The topological polar surface area (TPSA) is 65.9 Å². The van der Waals surface area contributed by atoms with Gasteiger partial charge in [-0.2, -0.15) is 0 Å². The van der Waals surface area contributed by atoms with Crippen molar-refractivity contribution < 1.29 is 9.84 Å². The highest BCUT2D eigenvalue weighted by atomic mass is 16.5. The fourth-order valence-electron chi connectivity index (χ4n) is 2.77. The van der Waals surface area contributed by atoms with E-state index in [1.54, 1.807) is 0 Å². The maximum atomic E-state index is 9.82. The van der Waals surface area contributed by atoms with Gasteiger partial charge >= 0.3 is 0 Å². The van der Waals surface area contributed by atoms with E-state index in [1.807, 2.05) is 0 Å². The molecule has 0 aromatic carbocycles. The monoisotopic (exact) mass is 269 g/mol. The van der Waals surface area contributed by atoms with Gasteiger partial charge in [-0.3, -0.25) is 4.99 Å². The van der Waals surface area contributed by atoms with Crippen LogP contribution in [0.2, 0.25) is 0 Å². The van der Waals surface area contributed by atoms with Gasteiger partial charge in [-0.15, -0.1) is 0 Å². The first kappa shape index (κ1) is 14.6. The summed E-state index contributed by atoms with van der Waals surface area (Å²) in [5.41, 5.74) is 0. The summed E-state index contributed by atoms with van der Waals surface area (Å²) in [6, 6.07) is 0. The molecule has 0 aromatic rings. The number of aliphatic hydroxyl groups excluding tert-OH is 1. The Morgan fingerprint density at radius 1 is 1.32 bits per heavy atom. The molecule has 0 spiro atoms.